The first kappa shape index (κ1) is 11.4. The number of amides is 1. The Morgan fingerprint density at radius 2 is 2.18 bits per heavy atom. The molecule has 5 nitrogen and oxygen atoms in total. The molecular weight excluding hydrogens is 240 g/mol. The quantitative estimate of drug-likeness (QED) is 0.713. The third kappa shape index (κ3) is 2.54. The van der Waals surface area contributed by atoms with Crippen molar-refractivity contribution in [1.29, 1.82) is 0 Å². The topological polar surface area (TPSA) is 82.5 Å². The van der Waals surface area contributed by atoms with E-state index in [4.69, 9.17) is 0 Å². The van der Waals surface area contributed by atoms with E-state index in [0.29, 0.717) is 5.13 Å². The average Bonchev–Trinajstić information content (AvgIpc) is 2.67. The molecule has 0 aliphatic rings. The Morgan fingerprint density at radius 1 is 1.41 bits per heavy atom. The number of carbonyl (C=O) groups excluding carboxylic acids is 1. The third-order valence-electron chi connectivity index (χ3n) is 2.06. The number of hydrogen-bond acceptors (Lipinski definition) is 5. The maximum absolute atomic E-state index is 11.8. The summed E-state index contributed by atoms with van der Waals surface area (Å²) in [4.78, 5) is 15.9. The van der Waals surface area contributed by atoms with Crippen LogP contribution in [0.2, 0.25) is 0 Å². The van der Waals surface area contributed by atoms with Crippen LogP contribution in [-0.4, -0.2) is 21.1 Å². The summed E-state index contributed by atoms with van der Waals surface area (Å²) in [7, 11) is 0. The van der Waals surface area contributed by atoms with Gasteiger partial charge in [0.2, 0.25) is 0 Å². The summed E-state index contributed by atoms with van der Waals surface area (Å²) in [6.07, 6.45) is 0. The highest BCUT2D eigenvalue weighted by molar-refractivity contribution is 7.13. The molecule has 6 heteroatoms. The Kier molecular flexibility index (Phi) is 2.97. The molecule has 0 atom stereocenters. The maximum Gasteiger partial charge on any atom is 0.261 e. The Balaban J connectivity index is 2.22. The first-order valence-corrected chi connectivity index (χ1v) is 5.69. The van der Waals surface area contributed by atoms with Crippen molar-refractivity contribution >= 4 is 22.4 Å². The van der Waals surface area contributed by atoms with Crippen LogP contribution in [0.25, 0.3) is 0 Å². The van der Waals surface area contributed by atoms with Gasteiger partial charge in [0.05, 0.1) is 11.3 Å². The lowest BCUT2D eigenvalue weighted by molar-refractivity contribution is 0.102. The lowest BCUT2D eigenvalue weighted by atomic mass is 10.2. The van der Waals surface area contributed by atoms with E-state index in [1.54, 1.807) is 5.38 Å². The Morgan fingerprint density at radius 3 is 2.82 bits per heavy atom. The van der Waals surface area contributed by atoms with Gasteiger partial charge < -0.3 is 10.2 Å². The van der Waals surface area contributed by atoms with Gasteiger partial charge in [-0.1, -0.05) is 0 Å². The minimum Gasteiger partial charge on any atom is -0.508 e. The Labute approximate surface area is 101 Å². The van der Waals surface area contributed by atoms with Gasteiger partial charge in [-0.15, -0.1) is 11.3 Å². The van der Waals surface area contributed by atoms with Gasteiger partial charge in [-0.2, -0.15) is 0 Å². The highest BCUT2D eigenvalue weighted by Gasteiger charge is 2.13. The standard InChI is InChI=1S/C11H10N2O3S/c1-6-5-17-11(12-6)13-10(16)8-4-7(14)2-3-9(8)15/h2-5,14-15H,1H3,(H,12,13,16). The van der Waals surface area contributed by atoms with Crippen molar-refractivity contribution in [3.05, 3.63) is 34.8 Å². The van der Waals surface area contributed by atoms with Crippen LogP contribution in [0.1, 0.15) is 16.1 Å². The molecule has 17 heavy (non-hydrogen) atoms. The zero-order valence-corrected chi connectivity index (χ0v) is 9.78. The number of hydrogen-bond donors (Lipinski definition) is 3. The first-order valence-electron chi connectivity index (χ1n) is 4.82. The molecule has 3 N–H and O–H groups in total. The molecule has 0 spiro atoms. The van der Waals surface area contributed by atoms with E-state index < -0.39 is 5.91 Å². The molecule has 0 aliphatic carbocycles. The summed E-state index contributed by atoms with van der Waals surface area (Å²) in [5, 5.41) is 23.6. The fraction of sp³-hybridized carbons (Fsp3) is 0.0909. The summed E-state index contributed by atoms with van der Waals surface area (Å²) in [5.74, 6) is -0.774. The van der Waals surface area contributed by atoms with Crippen LogP contribution < -0.4 is 5.32 Å². The van der Waals surface area contributed by atoms with E-state index >= 15 is 0 Å². The molecule has 88 valence electrons. The largest absolute Gasteiger partial charge is 0.508 e. The van der Waals surface area contributed by atoms with Crippen molar-refractivity contribution in [2.75, 3.05) is 5.32 Å². The molecule has 1 heterocycles. The molecule has 1 aromatic carbocycles. The van der Waals surface area contributed by atoms with Crippen LogP contribution in [-0.2, 0) is 0 Å². The Hall–Kier alpha value is -2.08. The van der Waals surface area contributed by atoms with Crippen molar-refractivity contribution in [3.8, 4) is 11.5 Å². The number of thiazole rings is 1. The number of rotatable bonds is 2. The summed E-state index contributed by atoms with van der Waals surface area (Å²) < 4.78 is 0. The molecular formula is C11H10N2O3S. The van der Waals surface area contributed by atoms with E-state index in [0.717, 1.165) is 5.69 Å². The van der Waals surface area contributed by atoms with Gasteiger partial charge in [0, 0.05) is 5.38 Å². The smallest absolute Gasteiger partial charge is 0.261 e. The van der Waals surface area contributed by atoms with Crippen LogP contribution in [0, 0.1) is 6.92 Å². The van der Waals surface area contributed by atoms with Crippen molar-refractivity contribution in [1.82, 2.24) is 4.98 Å². The number of aryl methyl sites for hydroxylation is 1. The fourth-order valence-electron chi connectivity index (χ4n) is 1.28. The molecule has 0 radical (unpaired) electrons. The minimum absolute atomic E-state index is 0.0119. The lowest BCUT2D eigenvalue weighted by Gasteiger charge is -2.04. The summed E-state index contributed by atoms with van der Waals surface area (Å²) in [6, 6.07) is 3.77. The second kappa shape index (κ2) is 4.42. The van der Waals surface area contributed by atoms with Gasteiger partial charge in [-0.05, 0) is 25.1 Å². The number of nitrogens with zero attached hydrogens (tertiary/aromatic N) is 1. The van der Waals surface area contributed by atoms with Crippen molar-refractivity contribution in [2.45, 2.75) is 6.92 Å². The van der Waals surface area contributed by atoms with Gasteiger partial charge in [0.15, 0.2) is 5.13 Å². The number of phenols is 2. The fourth-order valence-corrected chi connectivity index (χ4v) is 1.96. The molecule has 1 aromatic heterocycles. The van der Waals surface area contributed by atoms with Crippen molar-refractivity contribution in [3.63, 3.8) is 0 Å². The van der Waals surface area contributed by atoms with E-state index in [9.17, 15) is 15.0 Å². The molecule has 0 fully saturated rings. The summed E-state index contributed by atoms with van der Waals surface area (Å²) >= 11 is 1.30. The first-order chi connectivity index (χ1) is 8.06. The third-order valence-corrected chi connectivity index (χ3v) is 2.94. The summed E-state index contributed by atoms with van der Waals surface area (Å²) in [6.45, 7) is 1.82. The minimum atomic E-state index is -0.507. The van der Waals surface area contributed by atoms with Crippen molar-refractivity contribution < 1.29 is 15.0 Å². The number of phenolic OH excluding ortho intramolecular Hbond substituents is 2. The predicted molar refractivity (Wildman–Crippen MR) is 64.6 cm³/mol. The lowest BCUT2D eigenvalue weighted by Crippen LogP contribution is -2.11. The number of benzene rings is 1. The van der Waals surface area contributed by atoms with Gasteiger partial charge in [-0.3, -0.25) is 10.1 Å². The molecule has 0 saturated carbocycles. The highest BCUT2D eigenvalue weighted by atomic mass is 32.1. The van der Waals surface area contributed by atoms with Crippen LogP contribution in [0.15, 0.2) is 23.6 Å². The zero-order chi connectivity index (χ0) is 12.4. The van der Waals surface area contributed by atoms with Gasteiger partial charge in [0.25, 0.3) is 5.91 Å². The normalized spacial score (nSPS) is 10.2. The zero-order valence-electron chi connectivity index (χ0n) is 8.97. The molecule has 0 bridgehead atoms. The highest BCUT2D eigenvalue weighted by Crippen LogP contribution is 2.23. The monoisotopic (exact) mass is 250 g/mol. The average molecular weight is 250 g/mol. The Bertz CT molecular complexity index is 566. The van der Waals surface area contributed by atoms with Gasteiger partial charge >= 0.3 is 0 Å². The second-order valence-corrected chi connectivity index (χ2v) is 4.31. The molecule has 2 aromatic rings. The van der Waals surface area contributed by atoms with E-state index in [1.807, 2.05) is 6.92 Å². The van der Waals surface area contributed by atoms with Gasteiger partial charge in [0.1, 0.15) is 11.5 Å². The van der Waals surface area contributed by atoms with E-state index in [1.165, 1.54) is 29.5 Å². The molecule has 1 amide bonds. The maximum atomic E-state index is 11.8. The van der Waals surface area contributed by atoms with Crippen molar-refractivity contribution in [2.24, 2.45) is 0 Å². The van der Waals surface area contributed by atoms with E-state index in [-0.39, 0.29) is 17.1 Å². The number of carbonyl (C=O) groups is 1. The molecule has 0 saturated heterocycles. The van der Waals surface area contributed by atoms with Crippen LogP contribution in [0.3, 0.4) is 0 Å². The predicted octanol–water partition coefficient (Wildman–Crippen LogP) is 2.12. The molecule has 2 rings (SSSR count). The molecule has 0 unspecified atom stereocenters. The van der Waals surface area contributed by atoms with E-state index in [2.05, 4.69) is 10.3 Å². The van der Waals surface area contributed by atoms with Gasteiger partial charge in [-0.25, -0.2) is 4.98 Å². The number of anilines is 1. The van der Waals surface area contributed by atoms with Crippen LogP contribution in [0.5, 0.6) is 11.5 Å². The second-order valence-electron chi connectivity index (χ2n) is 3.45. The number of nitrogens with one attached hydrogen (secondary N) is 1. The van der Waals surface area contributed by atoms with Crippen LogP contribution in [0.4, 0.5) is 5.13 Å². The number of aromatic nitrogens is 1. The summed E-state index contributed by atoms with van der Waals surface area (Å²) in [5.41, 5.74) is 0.822. The SMILES string of the molecule is Cc1csc(NC(=O)c2cc(O)ccc2O)n1. The molecule has 0 aliphatic heterocycles. The van der Waals surface area contributed by atoms with Crippen LogP contribution >= 0.6 is 11.3 Å². The number of aromatic hydroxyl groups is 2.